The lowest BCUT2D eigenvalue weighted by Gasteiger charge is -2.11. The van der Waals surface area contributed by atoms with Gasteiger partial charge in [0.1, 0.15) is 5.69 Å². The lowest BCUT2D eigenvalue weighted by atomic mass is 9.96. The van der Waals surface area contributed by atoms with Gasteiger partial charge >= 0.3 is 0 Å². The van der Waals surface area contributed by atoms with Crippen LogP contribution < -0.4 is 0 Å². The molecule has 12 aromatic rings. The minimum atomic E-state index is 0.669. The zero-order valence-electron chi connectivity index (χ0n) is 33.5. The van der Waals surface area contributed by atoms with Crippen LogP contribution in [0.4, 0.5) is 0 Å². The van der Waals surface area contributed by atoms with Gasteiger partial charge in [0.05, 0.1) is 22.6 Å². The smallest absolute Gasteiger partial charge is 0.160 e. The summed E-state index contributed by atoms with van der Waals surface area (Å²) in [5.74, 6) is 0.669. The molecule has 0 amide bonds. The Labute approximate surface area is 362 Å². The van der Waals surface area contributed by atoms with Crippen LogP contribution in [-0.2, 0) is 0 Å². The molecule has 0 saturated carbocycles. The number of fused-ring (bicyclic) bond motifs is 6. The Morgan fingerprint density at radius 1 is 0.387 bits per heavy atom. The number of rotatable bonds is 7. The molecule has 0 saturated heterocycles. The van der Waals surface area contributed by atoms with Gasteiger partial charge in [0.25, 0.3) is 0 Å². The van der Waals surface area contributed by atoms with Gasteiger partial charge in [-0.15, -0.1) is 11.3 Å². The van der Waals surface area contributed by atoms with E-state index in [2.05, 4.69) is 217 Å². The highest BCUT2D eigenvalue weighted by atomic mass is 32.1. The molecule has 4 nitrogen and oxygen atoms in total. The minimum Gasteiger partial charge on any atom is -0.231 e. The van der Waals surface area contributed by atoms with Gasteiger partial charge in [-0.1, -0.05) is 194 Å². The summed E-state index contributed by atoms with van der Waals surface area (Å²) in [6.45, 7) is 0. The van der Waals surface area contributed by atoms with Crippen molar-refractivity contribution < 1.29 is 0 Å². The summed E-state index contributed by atoms with van der Waals surface area (Å²) >= 11 is 1.85. The summed E-state index contributed by atoms with van der Waals surface area (Å²) < 4.78 is 4.74. The van der Waals surface area contributed by atoms with E-state index in [9.17, 15) is 0 Å². The first-order valence-electron chi connectivity index (χ1n) is 20.9. The average molecular weight is 809 g/mol. The molecule has 0 radical (unpaired) electrons. The van der Waals surface area contributed by atoms with E-state index in [1.54, 1.807) is 0 Å². The Kier molecular flexibility index (Phi) is 8.65. The molecule has 4 aromatic heterocycles. The van der Waals surface area contributed by atoms with Crippen molar-refractivity contribution in [3.8, 4) is 78.7 Å². The standard InChI is InChI=1S/C57H36N4S/c1-4-15-38(16-5-1)48-36-49(39-29-27-37(28-30-39)45-24-14-26-52-54(45)47-23-12-13-25-51(47)62-52)59-57(58-48)43-33-31-42(32-34-43)55-53(41-19-8-3-9-20-41)56-46-22-11-10-21-44(46)35-50(61(56)60-55)40-17-6-2-7-18-40/h1-36H. The molecular weight excluding hydrogens is 773 g/mol. The summed E-state index contributed by atoms with van der Waals surface area (Å²) in [5.41, 5.74) is 14.6. The highest BCUT2D eigenvalue weighted by Crippen LogP contribution is 2.43. The second-order valence-corrected chi connectivity index (χ2v) is 16.7. The van der Waals surface area contributed by atoms with Crippen LogP contribution in [0.3, 0.4) is 0 Å². The van der Waals surface area contributed by atoms with E-state index in [1.807, 2.05) is 17.4 Å². The van der Waals surface area contributed by atoms with Gasteiger partial charge in [-0.25, -0.2) is 14.5 Å². The van der Waals surface area contributed by atoms with Crippen LogP contribution in [0.25, 0.3) is 115 Å². The fraction of sp³-hybridized carbons (Fsp3) is 0. The number of thiophene rings is 1. The average Bonchev–Trinajstić information content (AvgIpc) is 3.95. The third-order valence-corrected chi connectivity index (χ3v) is 13.0. The molecule has 5 heteroatoms. The zero-order chi connectivity index (χ0) is 41.0. The Hall–Kier alpha value is -7.99. The molecule has 8 aromatic carbocycles. The van der Waals surface area contributed by atoms with Crippen molar-refractivity contribution in [3.63, 3.8) is 0 Å². The molecule has 0 N–H and O–H groups in total. The van der Waals surface area contributed by atoms with E-state index in [4.69, 9.17) is 15.1 Å². The summed E-state index contributed by atoms with van der Waals surface area (Å²) in [5, 5.41) is 10.4. The second kappa shape index (κ2) is 14.9. The number of aromatic nitrogens is 4. The SMILES string of the molecule is c1ccc(-c2cc(-c3ccc(-c4cccc5sc6ccccc6c45)cc3)nc(-c3ccc(-c4nn5c(-c6ccccc6)cc6ccccc6c5c4-c4ccccc4)cc3)n2)cc1. The van der Waals surface area contributed by atoms with Gasteiger partial charge in [0, 0.05) is 58.9 Å². The van der Waals surface area contributed by atoms with Crippen LogP contribution in [0.5, 0.6) is 0 Å². The number of hydrogen-bond donors (Lipinski definition) is 0. The fourth-order valence-corrected chi connectivity index (χ4v) is 10.0. The first-order valence-corrected chi connectivity index (χ1v) is 21.7. The molecule has 62 heavy (non-hydrogen) atoms. The molecule has 0 aliphatic rings. The Bertz CT molecular complexity index is 3590. The molecule has 0 fully saturated rings. The Morgan fingerprint density at radius 3 is 1.66 bits per heavy atom. The van der Waals surface area contributed by atoms with Crippen molar-refractivity contribution in [2.24, 2.45) is 0 Å². The van der Waals surface area contributed by atoms with Gasteiger partial charge in [-0.05, 0) is 46.3 Å². The third kappa shape index (κ3) is 6.18. The maximum Gasteiger partial charge on any atom is 0.160 e. The molecular formula is C57H36N4S. The van der Waals surface area contributed by atoms with E-state index in [0.717, 1.165) is 72.6 Å². The van der Waals surface area contributed by atoms with Crippen LogP contribution >= 0.6 is 11.3 Å². The molecule has 0 aliphatic carbocycles. The molecule has 0 unspecified atom stereocenters. The molecule has 12 rings (SSSR count). The van der Waals surface area contributed by atoms with Crippen LogP contribution in [0.1, 0.15) is 0 Å². The highest BCUT2D eigenvalue weighted by molar-refractivity contribution is 7.25. The second-order valence-electron chi connectivity index (χ2n) is 15.6. The van der Waals surface area contributed by atoms with Gasteiger partial charge in [0.2, 0.25) is 0 Å². The van der Waals surface area contributed by atoms with Crippen LogP contribution in [-0.4, -0.2) is 19.6 Å². The van der Waals surface area contributed by atoms with E-state index in [1.165, 1.54) is 36.7 Å². The predicted molar refractivity (Wildman–Crippen MR) is 259 cm³/mol. The van der Waals surface area contributed by atoms with Crippen molar-refractivity contribution in [1.29, 1.82) is 0 Å². The maximum atomic E-state index is 5.44. The quantitative estimate of drug-likeness (QED) is 0.161. The number of pyridine rings is 1. The highest BCUT2D eigenvalue weighted by Gasteiger charge is 2.22. The number of hydrogen-bond acceptors (Lipinski definition) is 4. The Morgan fingerprint density at radius 2 is 0.935 bits per heavy atom. The topological polar surface area (TPSA) is 43.1 Å². The summed E-state index contributed by atoms with van der Waals surface area (Å²) in [6, 6.07) is 77.2. The van der Waals surface area contributed by atoms with Gasteiger partial charge in [-0.3, -0.25) is 0 Å². The van der Waals surface area contributed by atoms with Crippen LogP contribution in [0.2, 0.25) is 0 Å². The van der Waals surface area contributed by atoms with Gasteiger partial charge in [0.15, 0.2) is 5.82 Å². The van der Waals surface area contributed by atoms with Crippen molar-refractivity contribution >= 4 is 47.8 Å². The van der Waals surface area contributed by atoms with Crippen molar-refractivity contribution in [3.05, 3.63) is 218 Å². The fourth-order valence-electron chi connectivity index (χ4n) is 8.88. The first kappa shape index (κ1) is 35.9. The molecule has 0 atom stereocenters. The van der Waals surface area contributed by atoms with Gasteiger partial charge < -0.3 is 0 Å². The zero-order valence-corrected chi connectivity index (χ0v) is 34.3. The van der Waals surface area contributed by atoms with E-state index in [-0.39, 0.29) is 0 Å². The van der Waals surface area contributed by atoms with E-state index in [0.29, 0.717) is 5.82 Å². The predicted octanol–water partition coefficient (Wildman–Crippen LogP) is 15.3. The van der Waals surface area contributed by atoms with Crippen molar-refractivity contribution in [2.75, 3.05) is 0 Å². The Balaban J connectivity index is 0.978. The third-order valence-electron chi connectivity index (χ3n) is 11.9. The van der Waals surface area contributed by atoms with Crippen molar-refractivity contribution in [2.45, 2.75) is 0 Å². The van der Waals surface area contributed by atoms with E-state index >= 15 is 0 Å². The van der Waals surface area contributed by atoms with Crippen LogP contribution in [0, 0.1) is 0 Å². The molecule has 0 bridgehead atoms. The number of nitrogens with zero attached hydrogens (tertiary/aromatic N) is 4. The lowest BCUT2D eigenvalue weighted by Crippen LogP contribution is -1.96. The molecule has 4 heterocycles. The van der Waals surface area contributed by atoms with Crippen LogP contribution in [0.15, 0.2) is 218 Å². The summed E-state index contributed by atoms with van der Waals surface area (Å²) in [6.07, 6.45) is 0. The first-order chi connectivity index (χ1) is 30.7. The molecule has 0 spiro atoms. The molecule has 0 aliphatic heterocycles. The lowest BCUT2D eigenvalue weighted by molar-refractivity contribution is 0.979. The summed E-state index contributed by atoms with van der Waals surface area (Å²) in [7, 11) is 0. The summed E-state index contributed by atoms with van der Waals surface area (Å²) in [4.78, 5) is 10.4. The normalized spacial score (nSPS) is 11.5. The van der Waals surface area contributed by atoms with E-state index < -0.39 is 0 Å². The van der Waals surface area contributed by atoms with Gasteiger partial charge in [-0.2, -0.15) is 5.10 Å². The molecule has 290 valence electrons. The maximum absolute atomic E-state index is 5.44. The monoisotopic (exact) mass is 808 g/mol. The minimum absolute atomic E-state index is 0.669. The van der Waals surface area contributed by atoms with Crippen molar-refractivity contribution in [1.82, 2.24) is 19.6 Å². The largest absolute Gasteiger partial charge is 0.231 e. The number of benzene rings is 8.